The van der Waals surface area contributed by atoms with Crippen LogP contribution in [0.15, 0.2) is 101 Å². The minimum atomic E-state index is -4.16. The molecule has 12 heteroatoms. The fraction of sp³-hybridized carbons (Fsp3) is 0.167. The number of hydrogen-bond acceptors (Lipinski definition) is 7. The second-order valence-corrected chi connectivity index (χ2v) is 12.9. The molecule has 10 nitrogen and oxygen atoms in total. The van der Waals surface area contributed by atoms with Crippen molar-refractivity contribution in [2.75, 3.05) is 35.1 Å². The van der Waals surface area contributed by atoms with Crippen LogP contribution >= 0.6 is 0 Å². The van der Waals surface area contributed by atoms with E-state index in [2.05, 4.69) is 10.0 Å². The number of nitrogens with zero attached hydrogens (tertiary/aromatic N) is 1. The summed E-state index contributed by atoms with van der Waals surface area (Å²) in [7, 11) is -5.17. The predicted molar refractivity (Wildman–Crippen MR) is 162 cm³/mol. The van der Waals surface area contributed by atoms with Crippen molar-refractivity contribution in [2.24, 2.45) is 0 Å². The molecule has 0 radical (unpaired) electrons. The van der Waals surface area contributed by atoms with Crippen LogP contribution in [0.5, 0.6) is 11.5 Å². The van der Waals surface area contributed by atoms with Crippen molar-refractivity contribution in [1.82, 2.24) is 0 Å². The van der Waals surface area contributed by atoms with Crippen molar-refractivity contribution in [3.8, 4) is 11.5 Å². The Bertz CT molecular complexity index is 1790. The zero-order valence-corrected chi connectivity index (χ0v) is 25.1. The Balaban J connectivity index is 1.57. The van der Waals surface area contributed by atoms with E-state index >= 15 is 0 Å². The van der Waals surface area contributed by atoms with Gasteiger partial charge in [-0.05, 0) is 79.6 Å². The lowest BCUT2D eigenvalue weighted by Gasteiger charge is -2.25. The van der Waals surface area contributed by atoms with Crippen molar-refractivity contribution >= 4 is 43.0 Å². The van der Waals surface area contributed by atoms with Gasteiger partial charge in [-0.1, -0.05) is 30.3 Å². The van der Waals surface area contributed by atoms with Crippen LogP contribution in [-0.2, 0) is 24.8 Å². The van der Waals surface area contributed by atoms with Crippen LogP contribution in [0.4, 0.5) is 17.1 Å². The summed E-state index contributed by atoms with van der Waals surface area (Å²) in [6.45, 7) is 3.10. The predicted octanol–water partition coefficient (Wildman–Crippen LogP) is 4.96. The maximum atomic E-state index is 13.6. The molecule has 4 aromatic rings. The molecule has 0 unspecified atom stereocenters. The van der Waals surface area contributed by atoms with Gasteiger partial charge in [-0.2, -0.15) is 0 Å². The largest absolute Gasteiger partial charge is 0.493 e. The standard InChI is InChI=1S/C30H31N3O7S2/c1-21-10-11-22(2)27(18-21)32-41(35,36)25-15-12-23(13-16-25)31-30(34)20-33(42(37,38)26-8-6-5-7-9-26)24-14-17-28(39-3)29(19-24)40-4/h5-19,32H,20H2,1-4H3,(H,31,34). The van der Waals surface area contributed by atoms with Crippen LogP contribution in [0.1, 0.15) is 11.1 Å². The third kappa shape index (κ3) is 6.84. The molecule has 0 spiro atoms. The number of carbonyl (C=O) groups is 1. The van der Waals surface area contributed by atoms with Gasteiger partial charge in [-0.3, -0.25) is 13.8 Å². The molecule has 0 bridgehead atoms. The Morgan fingerprint density at radius 3 is 2.07 bits per heavy atom. The van der Waals surface area contributed by atoms with Gasteiger partial charge in [0.1, 0.15) is 6.54 Å². The number of carbonyl (C=O) groups excluding carboxylic acids is 1. The first-order valence-electron chi connectivity index (χ1n) is 12.7. The van der Waals surface area contributed by atoms with Gasteiger partial charge in [0.15, 0.2) is 11.5 Å². The Hall–Kier alpha value is -4.55. The monoisotopic (exact) mass is 609 g/mol. The maximum Gasteiger partial charge on any atom is 0.264 e. The molecule has 0 fully saturated rings. The van der Waals surface area contributed by atoms with E-state index in [1.807, 2.05) is 19.1 Å². The highest BCUT2D eigenvalue weighted by Gasteiger charge is 2.28. The van der Waals surface area contributed by atoms with Gasteiger partial charge < -0.3 is 14.8 Å². The van der Waals surface area contributed by atoms with Gasteiger partial charge in [-0.25, -0.2) is 16.8 Å². The first-order valence-corrected chi connectivity index (χ1v) is 15.7. The van der Waals surface area contributed by atoms with Gasteiger partial charge in [0, 0.05) is 11.8 Å². The van der Waals surface area contributed by atoms with E-state index in [1.165, 1.54) is 62.8 Å². The second kappa shape index (κ2) is 12.5. The van der Waals surface area contributed by atoms with E-state index in [0.717, 1.165) is 15.4 Å². The van der Waals surface area contributed by atoms with Crippen LogP contribution in [0.2, 0.25) is 0 Å². The van der Waals surface area contributed by atoms with Gasteiger partial charge in [0.05, 0.1) is 35.4 Å². The number of ether oxygens (including phenoxy) is 2. The molecular formula is C30H31N3O7S2. The Kier molecular flexibility index (Phi) is 9.08. The molecule has 0 aliphatic rings. The molecule has 0 aliphatic carbocycles. The third-order valence-electron chi connectivity index (χ3n) is 6.36. The van der Waals surface area contributed by atoms with Crippen molar-refractivity contribution in [1.29, 1.82) is 0 Å². The highest BCUT2D eigenvalue weighted by Crippen LogP contribution is 2.34. The zero-order chi connectivity index (χ0) is 30.5. The number of benzene rings is 4. The number of nitrogens with one attached hydrogen (secondary N) is 2. The number of amides is 1. The highest BCUT2D eigenvalue weighted by molar-refractivity contribution is 7.93. The van der Waals surface area contributed by atoms with Crippen molar-refractivity contribution in [2.45, 2.75) is 23.6 Å². The molecule has 220 valence electrons. The molecule has 0 saturated heterocycles. The number of methoxy groups -OCH3 is 2. The molecule has 4 aromatic carbocycles. The van der Waals surface area contributed by atoms with E-state index in [9.17, 15) is 21.6 Å². The summed E-state index contributed by atoms with van der Waals surface area (Å²) in [6, 6.07) is 23.3. The number of hydrogen-bond donors (Lipinski definition) is 2. The Morgan fingerprint density at radius 2 is 1.43 bits per heavy atom. The molecule has 0 aromatic heterocycles. The van der Waals surface area contributed by atoms with E-state index in [0.29, 0.717) is 11.4 Å². The number of anilines is 3. The van der Waals surface area contributed by atoms with Crippen LogP contribution in [0, 0.1) is 13.8 Å². The summed E-state index contributed by atoms with van der Waals surface area (Å²) in [4.78, 5) is 13.1. The molecule has 1 amide bonds. The van der Waals surface area contributed by atoms with E-state index < -0.39 is 32.5 Å². The first kappa shape index (κ1) is 30.4. The fourth-order valence-corrected chi connectivity index (χ4v) is 6.67. The van der Waals surface area contributed by atoms with Gasteiger partial charge >= 0.3 is 0 Å². The van der Waals surface area contributed by atoms with Gasteiger partial charge in [0.25, 0.3) is 20.0 Å². The summed E-state index contributed by atoms with van der Waals surface area (Å²) in [5, 5.41) is 2.65. The van der Waals surface area contributed by atoms with Crippen LogP contribution in [-0.4, -0.2) is 43.5 Å². The first-order chi connectivity index (χ1) is 19.9. The summed E-state index contributed by atoms with van der Waals surface area (Å²) < 4.78 is 67.3. The van der Waals surface area contributed by atoms with Crippen molar-refractivity contribution in [3.63, 3.8) is 0 Å². The lowest BCUT2D eigenvalue weighted by molar-refractivity contribution is -0.114. The van der Waals surface area contributed by atoms with Crippen LogP contribution in [0.25, 0.3) is 0 Å². The number of aryl methyl sites for hydroxylation is 2. The van der Waals surface area contributed by atoms with E-state index in [4.69, 9.17) is 9.47 Å². The molecule has 4 rings (SSSR count). The number of rotatable bonds is 11. The molecule has 0 aliphatic heterocycles. The van der Waals surface area contributed by atoms with Crippen molar-refractivity contribution < 1.29 is 31.1 Å². The molecular weight excluding hydrogens is 578 g/mol. The third-order valence-corrected chi connectivity index (χ3v) is 9.53. The lowest BCUT2D eigenvalue weighted by atomic mass is 10.1. The average molecular weight is 610 g/mol. The summed E-state index contributed by atoms with van der Waals surface area (Å²) in [6.07, 6.45) is 0. The number of sulfonamides is 2. The van der Waals surface area contributed by atoms with E-state index in [1.54, 1.807) is 37.3 Å². The second-order valence-electron chi connectivity index (χ2n) is 9.36. The quantitative estimate of drug-likeness (QED) is 0.246. The van der Waals surface area contributed by atoms with Crippen LogP contribution in [0.3, 0.4) is 0 Å². The lowest BCUT2D eigenvalue weighted by Crippen LogP contribution is -2.38. The highest BCUT2D eigenvalue weighted by atomic mass is 32.2. The Labute approximate surface area is 246 Å². The SMILES string of the molecule is COc1ccc(N(CC(=O)Nc2ccc(S(=O)(=O)Nc3cc(C)ccc3C)cc2)S(=O)(=O)c2ccccc2)cc1OC. The van der Waals surface area contributed by atoms with E-state index in [-0.39, 0.29) is 26.9 Å². The van der Waals surface area contributed by atoms with Crippen LogP contribution < -0.4 is 23.8 Å². The minimum absolute atomic E-state index is 0.0000138. The normalized spacial score (nSPS) is 11.4. The average Bonchev–Trinajstić information content (AvgIpc) is 2.98. The van der Waals surface area contributed by atoms with Crippen molar-refractivity contribution in [3.05, 3.63) is 102 Å². The smallest absolute Gasteiger partial charge is 0.264 e. The summed E-state index contributed by atoms with van der Waals surface area (Å²) in [5.41, 5.74) is 2.63. The fourth-order valence-electron chi connectivity index (χ4n) is 4.11. The Morgan fingerprint density at radius 1 is 0.762 bits per heavy atom. The minimum Gasteiger partial charge on any atom is -0.493 e. The maximum absolute atomic E-state index is 13.6. The topological polar surface area (TPSA) is 131 Å². The van der Waals surface area contributed by atoms with Gasteiger partial charge in [0.2, 0.25) is 5.91 Å². The molecule has 0 saturated carbocycles. The molecule has 0 heterocycles. The van der Waals surface area contributed by atoms with Gasteiger partial charge in [-0.15, -0.1) is 0 Å². The molecule has 2 N–H and O–H groups in total. The summed E-state index contributed by atoms with van der Waals surface area (Å²) in [5.74, 6) is 0.0354. The zero-order valence-electron chi connectivity index (χ0n) is 23.5. The molecule has 42 heavy (non-hydrogen) atoms. The molecule has 0 atom stereocenters. The summed E-state index contributed by atoms with van der Waals surface area (Å²) >= 11 is 0.